The van der Waals surface area contributed by atoms with Crippen LogP contribution in [0.2, 0.25) is 0 Å². The Morgan fingerprint density at radius 2 is 2.00 bits per heavy atom. The Kier molecular flexibility index (Phi) is 3.41. The number of amides is 1. The second kappa shape index (κ2) is 5.48. The number of fused-ring (bicyclic) bond motifs is 1. The van der Waals surface area contributed by atoms with Crippen LogP contribution >= 0.6 is 0 Å². The second-order valence-electron chi connectivity index (χ2n) is 6.80. The van der Waals surface area contributed by atoms with Crippen LogP contribution in [0.15, 0.2) is 36.5 Å². The van der Waals surface area contributed by atoms with Gasteiger partial charge in [-0.05, 0) is 50.5 Å². The van der Waals surface area contributed by atoms with Crippen molar-refractivity contribution < 1.29 is 4.79 Å². The van der Waals surface area contributed by atoms with Gasteiger partial charge in [0.25, 0.3) is 0 Å². The molecule has 1 N–H and O–H groups in total. The van der Waals surface area contributed by atoms with Crippen LogP contribution in [0.3, 0.4) is 0 Å². The van der Waals surface area contributed by atoms with E-state index in [2.05, 4.69) is 60.0 Å². The molecule has 0 unspecified atom stereocenters. The van der Waals surface area contributed by atoms with E-state index in [1.165, 1.54) is 22.4 Å². The number of benzene rings is 1. The van der Waals surface area contributed by atoms with Crippen molar-refractivity contribution in [2.24, 2.45) is 13.0 Å². The SMILES string of the molecule is Cc1ccc(C)c(-c2cc3cc(NC(=O)C4CC4)ncc3n2C)c1. The summed E-state index contributed by atoms with van der Waals surface area (Å²) in [6.45, 7) is 4.24. The molecule has 1 amide bonds. The van der Waals surface area contributed by atoms with E-state index in [-0.39, 0.29) is 11.8 Å². The van der Waals surface area contributed by atoms with Crippen LogP contribution in [0.5, 0.6) is 0 Å². The molecule has 0 aliphatic heterocycles. The molecule has 1 aliphatic rings. The summed E-state index contributed by atoms with van der Waals surface area (Å²) in [5.41, 5.74) is 5.96. The number of aryl methyl sites for hydroxylation is 3. The van der Waals surface area contributed by atoms with Gasteiger partial charge in [0.15, 0.2) is 0 Å². The van der Waals surface area contributed by atoms with Crippen molar-refractivity contribution in [3.63, 3.8) is 0 Å². The molecule has 3 aromatic rings. The third kappa shape index (κ3) is 2.58. The van der Waals surface area contributed by atoms with Crippen LogP contribution in [0.4, 0.5) is 5.82 Å². The minimum atomic E-state index is 0.0903. The summed E-state index contributed by atoms with van der Waals surface area (Å²) in [4.78, 5) is 16.3. The van der Waals surface area contributed by atoms with Crippen LogP contribution in [0, 0.1) is 19.8 Å². The maximum absolute atomic E-state index is 11.9. The number of hydrogen-bond donors (Lipinski definition) is 1. The van der Waals surface area contributed by atoms with E-state index in [1.807, 2.05) is 12.3 Å². The monoisotopic (exact) mass is 319 g/mol. The first kappa shape index (κ1) is 14.9. The Hall–Kier alpha value is -2.62. The second-order valence-corrected chi connectivity index (χ2v) is 6.80. The molecule has 0 bridgehead atoms. The Morgan fingerprint density at radius 1 is 1.21 bits per heavy atom. The van der Waals surface area contributed by atoms with Gasteiger partial charge < -0.3 is 9.88 Å². The van der Waals surface area contributed by atoms with Crippen LogP contribution < -0.4 is 5.32 Å². The van der Waals surface area contributed by atoms with E-state index in [9.17, 15) is 4.79 Å². The Balaban J connectivity index is 1.76. The topological polar surface area (TPSA) is 46.9 Å². The molecule has 2 heterocycles. The molecule has 0 radical (unpaired) electrons. The lowest BCUT2D eigenvalue weighted by Crippen LogP contribution is -2.14. The molecule has 1 fully saturated rings. The first-order valence-corrected chi connectivity index (χ1v) is 8.37. The summed E-state index contributed by atoms with van der Waals surface area (Å²) < 4.78 is 2.16. The van der Waals surface area contributed by atoms with Crippen molar-refractivity contribution >= 4 is 22.6 Å². The molecule has 1 saturated carbocycles. The minimum absolute atomic E-state index is 0.0903. The third-order valence-electron chi connectivity index (χ3n) is 4.80. The molecule has 0 spiro atoms. The van der Waals surface area contributed by atoms with E-state index in [1.54, 1.807) is 0 Å². The Bertz CT molecular complexity index is 951. The maximum atomic E-state index is 11.9. The summed E-state index contributed by atoms with van der Waals surface area (Å²) in [6.07, 6.45) is 3.83. The first-order chi connectivity index (χ1) is 11.5. The van der Waals surface area contributed by atoms with Gasteiger partial charge >= 0.3 is 0 Å². The van der Waals surface area contributed by atoms with Crippen molar-refractivity contribution in [2.45, 2.75) is 26.7 Å². The maximum Gasteiger partial charge on any atom is 0.228 e. The van der Waals surface area contributed by atoms with Crippen LogP contribution in [0.1, 0.15) is 24.0 Å². The van der Waals surface area contributed by atoms with Gasteiger partial charge in [-0.3, -0.25) is 4.79 Å². The fourth-order valence-electron chi connectivity index (χ4n) is 3.15. The number of pyridine rings is 1. The number of nitrogens with zero attached hydrogens (tertiary/aromatic N) is 2. The van der Waals surface area contributed by atoms with Crippen molar-refractivity contribution in [1.29, 1.82) is 0 Å². The quantitative estimate of drug-likeness (QED) is 0.786. The normalized spacial score (nSPS) is 14.1. The van der Waals surface area contributed by atoms with Gasteiger partial charge in [-0.25, -0.2) is 4.98 Å². The lowest BCUT2D eigenvalue weighted by molar-refractivity contribution is -0.117. The van der Waals surface area contributed by atoms with Crippen LogP contribution in [-0.2, 0) is 11.8 Å². The zero-order valence-electron chi connectivity index (χ0n) is 14.3. The number of carbonyl (C=O) groups is 1. The fraction of sp³-hybridized carbons (Fsp3) is 0.300. The first-order valence-electron chi connectivity index (χ1n) is 8.37. The average molecular weight is 319 g/mol. The number of aromatic nitrogens is 2. The summed E-state index contributed by atoms with van der Waals surface area (Å²) in [5, 5.41) is 4.02. The van der Waals surface area contributed by atoms with Gasteiger partial charge in [0, 0.05) is 29.6 Å². The summed E-state index contributed by atoms with van der Waals surface area (Å²) in [5.74, 6) is 0.911. The van der Waals surface area contributed by atoms with Crippen molar-refractivity contribution in [2.75, 3.05) is 5.32 Å². The predicted molar refractivity (Wildman–Crippen MR) is 97.0 cm³/mol. The lowest BCUT2D eigenvalue weighted by atomic mass is 10.0. The molecule has 0 saturated heterocycles. The standard InChI is InChI=1S/C20H21N3O/c1-12-4-5-13(2)16(8-12)17-9-15-10-19(21-11-18(15)23(17)3)22-20(24)14-6-7-14/h4-5,8-11,14H,6-7H2,1-3H3,(H,21,22,24). The van der Waals surface area contributed by atoms with E-state index in [4.69, 9.17) is 0 Å². The molecule has 1 aliphatic carbocycles. The molecular formula is C20H21N3O. The third-order valence-corrected chi connectivity index (χ3v) is 4.80. The highest BCUT2D eigenvalue weighted by molar-refractivity contribution is 5.96. The van der Waals surface area contributed by atoms with Gasteiger partial charge in [-0.15, -0.1) is 0 Å². The lowest BCUT2D eigenvalue weighted by Gasteiger charge is -2.09. The van der Waals surface area contributed by atoms with Crippen LogP contribution in [-0.4, -0.2) is 15.5 Å². The largest absolute Gasteiger partial charge is 0.342 e. The van der Waals surface area contributed by atoms with Gasteiger partial charge in [0.05, 0.1) is 11.7 Å². The number of anilines is 1. The highest BCUT2D eigenvalue weighted by Crippen LogP contribution is 2.32. The molecule has 24 heavy (non-hydrogen) atoms. The van der Waals surface area contributed by atoms with Crippen molar-refractivity contribution in [1.82, 2.24) is 9.55 Å². The zero-order valence-corrected chi connectivity index (χ0v) is 14.3. The van der Waals surface area contributed by atoms with E-state index in [0.717, 1.165) is 23.7 Å². The summed E-state index contributed by atoms with van der Waals surface area (Å²) >= 11 is 0. The molecular weight excluding hydrogens is 298 g/mol. The number of nitrogens with one attached hydrogen (secondary N) is 1. The van der Waals surface area contributed by atoms with E-state index < -0.39 is 0 Å². The minimum Gasteiger partial charge on any atom is -0.342 e. The van der Waals surface area contributed by atoms with Gasteiger partial charge in [0.1, 0.15) is 5.82 Å². The molecule has 0 atom stereocenters. The molecule has 4 rings (SSSR count). The predicted octanol–water partition coefficient (Wildman–Crippen LogP) is 4.21. The van der Waals surface area contributed by atoms with Gasteiger partial charge in [0.2, 0.25) is 5.91 Å². The molecule has 2 aromatic heterocycles. The summed E-state index contributed by atoms with van der Waals surface area (Å²) in [7, 11) is 2.06. The van der Waals surface area contributed by atoms with Gasteiger partial charge in [-0.2, -0.15) is 0 Å². The molecule has 1 aromatic carbocycles. The smallest absolute Gasteiger partial charge is 0.228 e. The molecule has 4 heteroatoms. The van der Waals surface area contributed by atoms with Crippen molar-refractivity contribution in [3.05, 3.63) is 47.7 Å². The average Bonchev–Trinajstić information content (AvgIpc) is 3.35. The number of rotatable bonds is 3. The summed E-state index contributed by atoms with van der Waals surface area (Å²) in [6, 6.07) is 10.6. The Morgan fingerprint density at radius 3 is 2.75 bits per heavy atom. The van der Waals surface area contributed by atoms with Gasteiger partial charge in [-0.1, -0.05) is 17.7 Å². The highest BCUT2D eigenvalue weighted by Gasteiger charge is 2.29. The Labute approximate surface area is 141 Å². The van der Waals surface area contributed by atoms with Crippen molar-refractivity contribution in [3.8, 4) is 11.3 Å². The van der Waals surface area contributed by atoms with Crippen LogP contribution in [0.25, 0.3) is 22.2 Å². The van der Waals surface area contributed by atoms with E-state index >= 15 is 0 Å². The van der Waals surface area contributed by atoms with E-state index in [0.29, 0.717) is 5.82 Å². The molecule has 4 nitrogen and oxygen atoms in total. The number of carbonyl (C=O) groups excluding carboxylic acids is 1. The number of hydrogen-bond acceptors (Lipinski definition) is 2. The zero-order chi connectivity index (χ0) is 16.8. The highest BCUT2D eigenvalue weighted by atomic mass is 16.2. The molecule has 122 valence electrons. The fourth-order valence-corrected chi connectivity index (χ4v) is 3.15.